The van der Waals surface area contributed by atoms with Crippen LogP contribution in [0.15, 0.2) is 30.3 Å². The lowest BCUT2D eigenvalue weighted by molar-refractivity contribution is -0.121. The van der Waals surface area contributed by atoms with E-state index in [1.807, 2.05) is 30.3 Å². The summed E-state index contributed by atoms with van der Waals surface area (Å²) >= 11 is 0. The van der Waals surface area contributed by atoms with Gasteiger partial charge < -0.3 is 5.43 Å². The summed E-state index contributed by atoms with van der Waals surface area (Å²) in [6.45, 7) is 6.81. The predicted molar refractivity (Wildman–Crippen MR) is 80.7 cm³/mol. The van der Waals surface area contributed by atoms with Crippen molar-refractivity contribution >= 4 is 11.5 Å². The first-order chi connectivity index (χ1) is 8.93. The minimum absolute atomic E-state index is 0.403. The summed E-state index contributed by atoms with van der Waals surface area (Å²) in [5.41, 5.74) is 3.87. The van der Waals surface area contributed by atoms with Crippen LogP contribution in [0.4, 0.5) is 5.69 Å². The van der Waals surface area contributed by atoms with E-state index >= 15 is 0 Å². The number of nitrogens with two attached hydrogens (primary N) is 1. The highest BCUT2D eigenvalue weighted by atomic mass is 16.1. The number of nitrogen functional groups attached to an aromatic ring is 1. The number of hydrogen-bond donors (Lipinski definition) is 2. The van der Waals surface area contributed by atoms with Crippen molar-refractivity contribution in [2.75, 3.05) is 5.43 Å². The van der Waals surface area contributed by atoms with Crippen molar-refractivity contribution in [3.05, 3.63) is 30.3 Å². The zero-order valence-electron chi connectivity index (χ0n) is 12.3. The Labute approximate surface area is 116 Å². The van der Waals surface area contributed by atoms with Crippen LogP contribution in [-0.4, -0.2) is 5.78 Å². The van der Waals surface area contributed by atoms with E-state index in [1.165, 1.54) is 0 Å². The molecule has 3 heteroatoms. The lowest BCUT2D eigenvalue weighted by atomic mass is 9.72. The maximum Gasteiger partial charge on any atom is 0.132 e. The van der Waals surface area contributed by atoms with Crippen LogP contribution in [0, 0.1) is 11.3 Å². The molecular weight excluding hydrogens is 236 g/mol. The molecule has 1 aromatic rings. The highest BCUT2D eigenvalue weighted by molar-refractivity contribution is 5.79. The van der Waals surface area contributed by atoms with E-state index in [4.69, 9.17) is 5.84 Å². The van der Waals surface area contributed by atoms with Gasteiger partial charge in [0.2, 0.25) is 0 Å². The Hall–Kier alpha value is -1.35. The Bertz CT molecular complexity index is 371. The van der Waals surface area contributed by atoms with Crippen LogP contribution in [0.1, 0.15) is 46.5 Å². The normalized spacial score (nSPS) is 16.5. The number of benzene rings is 1. The molecule has 0 atom stereocenters. The number of carbonyl (C=O) groups is 1. The van der Waals surface area contributed by atoms with Crippen LogP contribution in [0.3, 0.4) is 0 Å². The molecule has 19 heavy (non-hydrogen) atoms. The summed E-state index contributed by atoms with van der Waals surface area (Å²) in [4.78, 5) is 10.9. The largest absolute Gasteiger partial charge is 0.324 e. The van der Waals surface area contributed by atoms with Crippen LogP contribution in [0.5, 0.6) is 0 Å². The van der Waals surface area contributed by atoms with Gasteiger partial charge in [0, 0.05) is 18.5 Å². The molecule has 0 radical (unpaired) electrons. The maximum atomic E-state index is 10.9. The van der Waals surface area contributed by atoms with E-state index in [-0.39, 0.29) is 0 Å². The second-order valence-corrected chi connectivity index (χ2v) is 6.19. The average molecular weight is 262 g/mol. The van der Waals surface area contributed by atoms with E-state index in [0.717, 1.165) is 37.3 Å². The molecule has 1 aliphatic rings. The van der Waals surface area contributed by atoms with Crippen molar-refractivity contribution in [2.45, 2.75) is 46.5 Å². The minimum Gasteiger partial charge on any atom is -0.324 e. The van der Waals surface area contributed by atoms with Gasteiger partial charge in [-0.3, -0.25) is 10.6 Å². The molecule has 0 bridgehead atoms. The van der Waals surface area contributed by atoms with Gasteiger partial charge in [-0.25, -0.2) is 0 Å². The number of para-hydroxylation sites is 1. The summed E-state index contributed by atoms with van der Waals surface area (Å²) in [5.74, 6) is 6.33. The smallest absolute Gasteiger partial charge is 0.132 e. The maximum absolute atomic E-state index is 10.9. The van der Waals surface area contributed by atoms with E-state index in [1.54, 1.807) is 0 Å². The molecule has 2 rings (SSSR count). The lowest BCUT2D eigenvalue weighted by Crippen LogP contribution is -2.25. The first kappa shape index (κ1) is 15.7. The number of anilines is 1. The summed E-state index contributed by atoms with van der Waals surface area (Å²) < 4.78 is 0. The number of ketones is 1. The second-order valence-electron chi connectivity index (χ2n) is 6.19. The summed E-state index contributed by atoms with van der Waals surface area (Å²) in [6, 6.07) is 9.60. The SMILES string of the molecule is CC(C)(C)C1CCC(=O)CC1.NNc1ccccc1. The fraction of sp³-hybridized carbons (Fsp3) is 0.562. The molecule has 0 saturated heterocycles. The van der Waals surface area contributed by atoms with E-state index < -0.39 is 0 Å². The second kappa shape index (κ2) is 7.29. The Morgan fingerprint density at radius 1 is 1.11 bits per heavy atom. The summed E-state index contributed by atoms with van der Waals surface area (Å²) in [5, 5.41) is 0. The lowest BCUT2D eigenvalue weighted by Gasteiger charge is -2.33. The van der Waals surface area contributed by atoms with Gasteiger partial charge in [0.1, 0.15) is 5.78 Å². The Morgan fingerprint density at radius 3 is 2.00 bits per heavy atom. The predicted octanol–water partition coefficient (Wildman–Crippen LogP) is 3.76. The van der Waals surface area contributed by atoms with Crippen molar-refractivity contribution < 1.29 is 4.79 Å². The van der Waals surface area contributed by atoms with Gasteiger partial charge in [0.05, 0.1) is 0 Å². The third-order valence-corrected chi connectivity index (χ3v) is 3.71. The Kier molecular flexibility index (Phi) is 6.03. The van der Waals surface area contributed by atoms with Crippen molar-refractivity contribution in [3.63, 3.8) is 0 Å². The molecule has 3 nitrogen and oxygen atoms in total. The minimum atomic E-state index is 0.403. The molecule has 3 N–H and O–H groups in total. The molecule has 0 unspecified atom stereocenters. The number of Topliss-reactive ketones (excluding diaryl/α,β-unsaturated/α-hetero) is 1. The topological polar surface area (TPSA) is 55.1 Å². The average Bonchev–Trinajstić information content (AvgIpc) is 2.40. The van der Waals surface area contributed by atoms with E-state index in [0.29, 0.717) is 11.2 Å². The van der Waals surface area contributed by atoms with Gasteiger partial charge in [-0.1, -0.05) is 39.0 Å². The molecule has 0 amide bonds. The molecular formula is C16H26N2O. The van der Waals surface area contributed by atoms with Crippen LogP contribution in [0.2, 0.25) is 0 Å². The van der Waals surface area contributed by atoms with Crippen molar-refractivity contribution in [2.24, 2.45) is 17.2 Å². The molecule has 106 valence electrons. The van der Waals surface area contributed by atoms with Gasteiger partial charge in [0.25, 0.3) is 0 Å². The zero-order valence-corrected chi connectivity index (χ0v) is 12.3. The fourth-order valence-corrected chi connectivity index (χ4v) is 2.34. The molecule has 0 spiro atoms. The van der Waals surface area contributed by atoms with Crippen LogP contribution in [0.25, 0.3) is 0 Å². The van der Waals surface area contributed by atoms with Crippen molar-refractivity contribution in [1.82, 2.24) is 0 Å². The quantitative estimate of drug-likeness (QED) is 0.598. The summed E-state index contributed by atoms with van der Waals surface area (Å²) in [7, 11) is 0. The van der Waals surface area contributed by atoms with Crippen LogP contribution in [-0.2, 0) is 4.79 Å². The monoisotopic (exact) mass is 262 g/mol. The number of hydrazine groups is 1. The van der Waals surface area contributed by atoms with Gasteiger partial charge >= 0.3 is 0 Å². The third kappa shape index (κ3) is 5.88. The van der Waals surface area contributed by atoms with Crippen LogP contribution < -0.4 is 11.3 Å². The molecule has 0 aromatic heterocycles. The highest BCUT2D eigenvalue weighted by Crippen LogP contribution is 2.36. The first-order valence-corrected chi connectivity index (χ1v) is 6.97. The highest BCUT2D eigenvalue weighted by Gasteiger charge is 2.28. The third-order valence-electron chi connectivity index (χ3n) is 3.71. The summed E-state index contributed by atoms with van der Waals surface area (Å²) in [6.07, 6.45) is 3.87. The Morgan fingerprint density at radius 2 is 1.63 bits per heavy atom. The van der Waals surface area contributed by atoms with Gasteiger partial charge in [0.15, 0.2) is 0 Å². The molecule has 1 saturated carbocycles. The molecule has 1 fully saturated rings. The van der Waals surface area contributed by atoms with Crippen LogP contribution >= 0.6 is 0 Å². The Balaban J connectivity index is 0.000000200. The van der Waals surface area contributed by atoms with E-state index in [9.17, 15) is 4.79 Å². The fourth-order valence-electron chi connectivity index (χ4n) is 2.34. The van der Waals surface area contributed by atoms with Gasteiger partial charge in [-0.05, 0) is 36.3 Å². The van der Waals surface area contributed by atoms with Crippen molar-refractivity contribution in [3.8, 4) is 0 Å². The van der Waals surface area contributed by atoms with Gasteiger partial charge in [-0.15, -0.1) is 0 Å². The molecule has 1 aromatic carbocycles. The standard InChI is InChI=1S/C10H18O.C6H8N2/c1-10(2,3)8-4-6-9(11)7-5-8;7-8-6-4-2-1-3-5-6/h8H,4-7H2,1-3H3;1-5,8H,7H2. The number of hydrogen-bond acceptors (Lipinski definition) is 3. The first-order valence-electron chi connectivity index (χ1n) is 6.97. The number of nitrogens with one attached hydrogen (secondary N) is 1. The number of carbonyl (C=O) groups excluding carboxylic acids is 1. The number of rotatable bonds is 1. The zero-order chi connectivity index (χ0) is 14.3. The molecule has 0 heterocycles. The molecule has 0 aliphatic heterocycles. The van der Waals surface area contributed by atoms with E-state index in [2.05, 4.69) is 26.2 Å². The molecule has 1 aliphatic carbocycles. The van der Waals surface area contributed by atoms with Crippen molar-refractivity contribution in [1.29, 1.82) is 0 Å². The van der Waals surface area contributed by atoms with Gasteiger partial charge in [-0.2, -0.15) is 0 Å².